The lowest BCUT2D eigenvalue weighted by Crippen LogP contribution is -2.32. The summed E-state index contributed by atoms with van der Waals surface area (Å²) in [5, 5.41) is 0.679. The molecule has 0 saturated heterocycles. The number of nitrogens with zero attached hydrogens (tertiary/aromatic N) is 2. The molecule has 20 heavy (non-hydrogen) atoms. The SMILES string of the molecule is CN(C)C1CCC(c2nc3ccccc3c(=O)[nH]2)CC1. The lowest BCUT2D eigenvalue weighted by Gasteiger charge is -2.32. The van der Waals surface area contributed by atoms with Crippen molar-refractivity contribution >= 4 is 10.9 Å². The Balaban J connectivity index is 1.87. The third-order valence-corrected chi connectivity index (χ3v) is 4.44. The summed E-state index contributed by atoms with van der Waals surface area (Å²) in [7, 11) is 4.28. The Hall–Kier alpha value is -1.68. The van der Waals surface area contributed by atoms with Crippen LogP contribution in [0.2, 0.25) is 0 Å². The second-order valence-corrected chi connectivity index (χ2v) is 5.94. The molecule has 0 amide bonds. The zero-order valence-corrected chi connectivity index (χ0v) is 12.1. The lowest BCUT2D eigenvalue weighted by atomic mass is 9.85. The molecule has 1 saturated carbocycles. The predicted octanol–water partition coefficient (Wildman–Crippen LogP) is 2.51. The zero-order chi connectivity index (χ0) is 14.1. The minimum absolute atomic E-state index is 0.0136. The molecule has 0 spiro atoms. The summed E-state index contributed by atoms with van der Waals surface area (Å²) in [6, 6.07) is 8.22. The smallest absolute Gasteiger partial charge is 0.258 e. The molecule has 1 fully saturated rings. The van der Waals surface area contributed by atoms with Gasteiger partial charge in [-0.3, -0.25) is 4.79 Å². The minimum atomic E-state index is -0.0136. The third-order valence-electron chi connectivity index (χ3n) is 4.44. The maximum atomic E-state index is 12.1. The van der Waals surface area contributed by atoms with Gasteiger partial charge in [0.15, 0.2) is 0 Å². The van der Waals surface area contributed by atoms with Crippen LogP contribution in [0.15, 0.2) is 29.1 Å². The van der Waals surface area contributed by atoms with Crippen molar-refractivity contribution in [2.75, 3.05) is 14.1 Å². The van der Waals surface area contributed by atoms with E-state index in [1.165, 1.54) is 12.8 Å². The van der Waals surface area contributed by atoms with Gasteiger partial charge in [0.25, 0.3) is 5.56 Å². The average Bonchev–Trinajstić information content (AvgIpc) is 2.47. The van der Waals surface area contributed by atoms with E-state index >= 15 is 0 Å². The molecule has 1 aromatic heterocycles. The topological polar surface area (TPSA) is 49.0 Å². The highest BCUT2D eigenvalue weighted by Crippen LogP contribution is 2.32. The molecule has 0 atom stereocenters. The van der Waals surface area contributed by atoms with E-state index < -0.39 is 0 Å². The quantitative estimate of drug-likeness (QED) is 0.913. The summed E-state index contributed by atoms with van der Waals surface area (Å²) in [6.45, 7) is 0. The maximum Gasteiger partial charge on any atom is 0.258 e. The van der Waals surface area contributed by atoms with Crippen LogP contribution in [0.4, 0.5) is 0 Å². The number of aromatic amines is 1. The summed E-state index contributed by atoms with van der Waals surface area (Å²) < 4.78 is 0. The molecule has 1 heterocycles. The molecule has 1 aliphatic carbocycles. The third kappa shape index (κ3) is 2.48. The van der Waals surface area contributed by atoms with Crippen molar-refractivity contribution in [2.45, 2.75) is 37.6 Å². The molecule has 3 rings (SSSR count). The first-order valence-electron chi connectivity index (χ1n) is 7.30. The molecule has 0 radical (unpaired) electrons. The van der Waals surface area contributed by atoms with Gasteiger partial charge in [0.2, 0.25) is 0 Å². The van der Waals surface area contributed by atoms with Crippen LogP contribution in [0.1, 0.15) is 37.4 Å². The molecule has 1 aliphatic rings. The highest BCUT2D eigenvalue weighted by Gasteiger charge is 2.25. The molecular weight excluding hydrogens is 250 g/mol. The van der Waals surface area contributed by atoms with Gasteiger partial charge in [-0.15, -0.1) is 0 Å². The Labute approximate surface area is 118 Å². The van der Waals surface area contributed by atoms with Crippen molar-refractivity contribution in [3.05, 3.63) is 40.4 Å². The Bertz CT molecular complexity index is 654. The van der Waals surface area contributed by atoms with Crippen molar-refractivity contribution < 1.29 is 0 Å². The second kappa shape index (κ2) is 5.37. The van der Waals surface area contributed by atoms with Gasteiger partial charge in [-0.2, -0.15) is 0 Å². The van der Waals surface area contributed by atoms with Crippen molar-refractivity contribution in [3.63, 3.8) is 0 Å². The fourth-order valence-electron chi connectivity index (χ4n) is 3.16. The molecule has 106 valence electrons. The zero-order valence-electron chi connectivity index (χ0n) is 12.1. The number of para-hydroxylation sites is 1. The summed E-state index contributed by atoms with van der Waals surface area (Å²) in [6.07, 6.45) is 4.55. The summed E-state index contributed by atoms with van der Waals surface area (Å²) in [4.78, 5) is 22.1. The molecule has 1 N–H and O–H groups in total. The Morgan fingerprint density at radius 3 is 2.55 bits per heavy atom. The van der Waals surface area contributed by atoms with Gasteiger partial charge >= 0.3 is 0 Å². The van der Waals surface area contributed by atoms with Crippen LogP contribution < -0.4 is 5.56 Å². The molecule has 2 aromatic rings. The second-order valence-electron chi connectivity index (χ2n) is 5.94. The molecule has 4 nitrogen and oxygen atoms in total. The molecule has 4 heteroatoms. The van der Waals surface area contributed by atoms with E-state index in [0.29, 0.717) is 17.3 Å². The summed E-state index contributed by atoms with van der Waals surface area (Å²) in [5.41, 5.74) is 0.793. The van der Waals surface area contributed by atoms with Gasteiger partial charge < -0.3 is 9.88 Å². The van der Waals surface area contributed by atoms with Crippen LogP contribution in [-0.4, -0.2) is 35.0 Å². The van der Waals surface area contributed by atoms with E-state index in [0.717, 1.165) is 24.2 Å². The van der Waals surface area contributed by atoms with Crippen LogP contribution in [-0.2, 0) is 0 Å². The largest absolute Gasteiger partial charge is 0.310 e. The Morgan fingerprint density at radius 2 is 1.85 bits per heavy atom. The lowest BCUT2D eigenvalue weighted by molar-refractivity contribution is 0.214. The first-order chi connectivity index (χ1) is 9.65. The van der Waals surface area contributed by atoms with E-state index in [1.807, 2.05) is 24.3 Å². The molecule has 0 bridgehead atoms. The first-order valence-corrected chi connectivity index (χ1v) is 7.30. The van der Waals surface area contributed by atoms with Gasteiger partial charge in [-0.1, -0.05) is 12.1 Å². The average molecular weight is 271 g/mol. The van der Waals surface area contributed by atoms with Crippen LogP contribution in [0, 0.1) is 0 Å². The number of hydrogen-bond donors (Lipinski definition) is 1. The molecule has 0 unspecified atom stereocenters. The Morgan fingerprint density at radius 1 is 1.15 bits per heavy atom. The van der Waals surface area contributed by atoms with Crippen molar-refractivity contribution in [2.24, 2.45) is 0 Å². The number of hydrogen-bond acceptors (Lipinski definition) is 3. The first kappa shape index (κ1) is 13.3. The molecular formula is C16H21N3O. The van der Waals surface area contributed by atoms with Crippen LogP contribution in [0.5, 0.6) is 0 Å². The minimum Gasteiger partial charge on any atom is -0.310 e. The Kier molecular flexibility index (Phi) is 3.57. The van der Waals surface area contributed by atoms with Crippen molar-refractivity contribution in [1.29, 1.82) is 0 Å². The van der Waals surface area contributed by atoms with Gasteiger partial charge in [0.1, 0.15) is 5.82 Å². The highest BCUT2D eigenvalue weighted by atomic mass is 16.1. The fourth-order valence-corrected chi connectivity index (χ4v) is 3.16. The number of nitrogens with one attached hydrogen (secondary N) is 1. The number of rotatable bonds is 2. The van der Waals surface area contributed by atoms with Gasteiger partial charge in [-0.25, -0.2) is 4.98 Å². The monoisotopic (exact) mass is 271 g/mol. The number of fused-ring (bicyclic) bond motifs is 1. The van der Waals surface area contributed by atoms with E-state index in [2.05, 4.69) is 29.0 Å². The van der Waals surface area contributed by atoms with Gasteiger partial charge in [-0.05, 0) is 51.9 Å². The maximum absolute atomic E-state index is 12.1. The van der Waals surface area contributed by atoms with E-state index in [9.17, 15) is 4.79 Å². The predicted molar refractivity (Wildman–Crippen MR) is 81.0 cm³/mol. The van der Waals surface area contributed by atoms with E-state index in [1.54, 1.807) is 0 Å². The molecule has 0 aliphatic heterocycles. The van der Waals surface area contributed by atoms with Crippen LogP contribution >= 0.6 is 0 Å². The van der Waals surface area contributed by atoms with E-state index in [-0.39, 0.29) is 5.56 Å². The van der Waals surface area contributed by atoms with Gasteiger partial charge in [0, 0.05) is 12.0 Å². The van der Waals surface area contributed by atoms with Gasteiger partial charge in [0.05, 0.1) is 10.9 Å². The summed E-state index contributed by atoms with van der Waals surface area (Å²) in [5.74, 6) is 1.26. The van der Waals surface area contributed by atoms with Crippen molar-refractivity contribution in [3.8, 4) is 0 Å². The van der Waals surface area contributed by atoms with E-state index in [4.69, 9.17) is 0 Å². The van der Waals surface area contributed by atoms with Crippen LogP contribution in [0.25, 0.3) is 10.9 Å². The van der Waals surface area contributed by atoms with Crippen molar-refractivity contribution in [1.82, 2.24) is 14.9 Å². The van der Waals surface area contributed by atoms with Crippen LogP contribution in [0.3, 0.4) is 0 Å². The number of aromatic nitrogens is 2. The fraction of sp³-hybridized carbons (Fsp3) is 0.500. The summed E-state index contributed by atoms with van der Waals surface area (Å²) >= 11 is 0. The standard InChI is InChI=1S/C16H21N3O/c1-19(2)12-9-7-11(8-10-12)15-17-14-6-4-3-5-13(14)16(20)18-15/h3-6,11-12H,7-10H2,1-2H3,(H,17,18,20). The number of benzene rings is 1. The highest BCUT2D eigenvalue weighted by molar-refractivity contribution is 5.77. The number of H-pyrrole nitrogens is 1. The molecule has 1 aromatic carbocycles. The normalized spacial score (nSPS) is 23.4.